The number of aromatic nitrogens is 3. The Hall–Kier alpha value is -3.65. The van der Waals surface area contributed by atoms with Crippen LogP contribution in [0.2, 0.25) is 0 Å². The Morgan fingerprint density at radius 2 is 1.64 bits per heavy atom. The quantitative estimate of drug-likeness (QED) is 0.411. The van der Waals surface area contributed by atoms with Crippen LogP contribution in [0.15, 0.2) is 67.1 Å². The second-order valence-corrected chi connectivity index (χ2v) is 8.02. The summed E-state index contributed by atoms with van der Waals surface area (Å²) in [7, 11) is 0. The van der Waals surface area contributed by atoms with Crippen molar-refractivity contribution < 1.29 is 13.2 Å². The molecule has 168 valence electrons. The van der Waals surface area contributed by atoms with Crippen LogP contribution in [-0.2, 0) is 0 Å². The summed E-state index contributed by atoms with van der Waals surface area (Å²) in [5.74, 6) is -1.66. The average molecular weight is 449 g/mol. The summed E-state index contributed by atoms with van der Waals surface area (Å²) in [5.41, 5.74) is 3.73. The van der Waals surface area contributed by atoms with E-state index >= 15 is 0 Å². The van der Waals surface area contributed by atoms with Gasteiger partial charge in [0.2, 0.25) is 0 Å². The maximum atomic E-state index is 13.6. The molecule has 0 atom stereocenters. The summed E-state index contributed by atoms with van der Waals surface area (Å²) in [6.45, 7) is 1.85. The minimum absolute atomic E-state index is 0.277. The first kappa shape index (κ1) is 21.2. The lowest BCUT2D eigenvalue weighted by atomic mass is 10.0. The van der Waals surface area contributed by atoms with Gasteiger partial charge in [-0.2, -0.15) is 0 Å². The van der Waals surface area contributed by atoms with Crippen molar-refractivity contribution in [2.24, 2.45) is 0 Å². The van der Waals surface area contributed by atoms with E-state index in [2.05, 4.69) is 20.2 Å². The molecule has 1 aliphatic rings. The molecule has 2 N–H and O–H groups in total. The fourth-order valence-electron chi connectivity index (χ4n) is 4.20. The van der Waals surface area contributed by atoms with Crippen LogP contribution in [0.1, 0.15) is 18.9 Å². The summed E-state index contributed by atoms with van der Waals surface area (Å²) in [6.07, 6.45) is 5.44. The summed E-state index contributed by atoms with van der Waals surface area (Å²) in [5, 5.41) is 6.41. The van der Waals surface area contributed by atoms with E-state index in [1.807, 2.05) is 18.5 Å². The van der Waals surface area contributed by atoms with Gasteiger partial charge in [-0.15, -0.1) is 0 Å². The number of benzene rings is 2. The fourth-order valence-corrected chi connectivity index (χ4v) is 4.20. The number of imidazole rings is 1. The van der Waals surface area contributed by atoms with E-state index < -0.39 is 11.6 Å². The molecule has 1 fully saturated rings. The molecule has 1 saturated heterocycles. The smallest absolute Gasteiger partial charge is 0.160 e. The van der Waals surface area contributed by atoms with Crippen LogP contribution in [0, 0.1) is 17.5 Å². The van der Waals surface area contributed by atoms with E-state index in [0.717, 1.165) is 60.6 Å². The van der Waals surface area contributed by atoms with Gasteiger partial charge in [0, 0.05) is 35.1 Å². The Morgan fingerprint density at radius 1 is 0.848 bits per heavy atom. The largest absolute Gasteiger partial charge is 0.340 e. The molecule has 0 radical (unpaired) electrons. The van der Waals surface area contributed by atoms with Crippen molar-refractivity contribution in [3.8, 4) is 22.5 Å². The van der Waals surface area contributed by atoms with Crippen molar-refractivity contribution in [1.29, 1.82) is 0 Å². The highest BCUT2D eigenvalue weighted by molar-refractivity contribution is 5.80. The highest BCUT2D eigenvalue weighted by Gasteiger charge is 2.22. The molecule has 0 spiro atoms. The molecule has 0 aliphatic carbocycles. The number of pyridine rings is 1. The first-order chi connectivity index (χ1) is 16.1. The number of rotatable bonds is 5. The van der Waals surface area contributed by atoms with Crippen molar-refractivity contribution in [1.82, 2.24) is 19.9 Å². The van der Waals surface area contributed by atoms with Gasteiger partial charge in [0.25, 0.3) is 0 Å². The van der Waals surface area contributed by atoms with Crippen LogP contribution in [-0.4, -0.2) is 27.6 Å². The zero-order valence-corrected chi connectivity index (χ0v) is 17.7. The predicted molar refractivity (Wildman–Crippen MR) is 122 cm³/mol. The van der Waals surface area contributed by atoms with Crippen molar-refractivity contribution in [2.45, 2.75) is 18.9 Å². The number of piperidine rings is 1. The van der Waals surface area contributed by atoms with E-state index in [4.69, 9.17) is 4.98 Å². The van der Waals surface area contributed by atoms with Gasteiger partial charge in [-0.25, -0.2) is 23.1 Å². The Morgan fingerprint density at radius 3 is 2.39 bits per heavy atom. The molecule has 2 aromatic heterocycles. The van der Waals surface area contributed by atoms with Gasteiger partial charge < -0.3 is 15.2 Å². The lowest BCUT2D eigenvalue weighted by molar-refractivity contribution is 0.370. The molecule has 0 amide bonds. The van der Waals surface area contributed by atoms with E-state index in [9.17, 15) is 13.2 Å². The zero-order valence-electron chi connectivity index (χ0n) is 17.7. The molecular weight excluding hydrogens is 427 g/mol. The third-order valence-corrected chi connectivity index (χ3v) is 5.84. The maximum Gasteiger partial charge on any atom is 0.160 e. The molecule has 5 rings (SSSR count). The number of halogens is 3. The lowest BCUT2D eigenvalue weighted by Gasteiger charge is -2.26. The molecule has 0 saturated carbocycles. The normalized spacial score (nSPS) is 14.4. The second kappa shape index (κ2) is 9.07. The topological polar surface area (TPSA) is 54.8 Å². The van der Waals surface area contributed by atoms with E-state index in [0.29, 0.717) is 11.5 Å². The lowest BCUT2D eigenvalue weighted by Crippen LogP contribution is -2.29. The number of nitrogens with one attached hydrogen (secondary N) is 2. The Labute approximate surface area is 189 Å². The van der Waals surface area contributed by atoms with Crippen LogP contribution < -0.4 is 10.6 Å². The van der Waals surface area contributed by atoms with Crippen LogP contribution in [0.4, 0.5) is 24.7 Å². The first-order valence-corrected chi connectivity index (χ1v) is 10.8. The Kier molecular flexibility index (Phi) is 5.83. The SMILES string of the molecule is Fc1ccc(-c2ncn(C3CCNCC3)c2-c2ccnc(Nc3ccc(F)c(F)c3)c2)cc1. The van der Waals surface area contributed by atoms with Gasteiger partial charge in [-0.3, -0.25) is 0 Å². The monoisotopic (exact) mass is 449 g/mol. The highest BCUT2D eigenvalue weighted by atomic mass is 19.2. The molecule has 4 aromatic rings. The van der Waals surface area contributed by atoms with Crippen LogP contribution in [0.5, 0.6) is 0 Å². The summed E-state index contributed by atoms with van der Waals surface area (Å²) < 4.78 is 42.6. The number of hydrogen-bond donors (Lipinski definition) is 2. The second-order valence-electron chi connectivity index (χ2n) is 8.02. The Bertz CT molecular complexity index is 1260. The van der Waals surface area contributed by atoms with Gasteiger partial charge in [0.15, 0.2) is 11.6 Å². The zero-order chi connectivity index (χ0) is 22.8. The molecule has 2 aromatic carbocycles. The Balaban J connectivity index is 1.56. The average Bonchev–Trinajstić information content (AvgIpc) is 3.28. The third-order valence-electron chi connectivity index (χ3n) is 5.84. The van der Waals surface area contributed by atoms with Gasteiger partial charge in [-0.05, 0) is 74.5 Å². The minimum atomic E-state index is -0.932. The van der Waals surface area contributed by atoms with E-state index in [1.54, 1.807) is 18.3 Å². The predicted octanol–water partition coefficient (Wildman–Crippen LogP) is 5.70. The summed E-state index contributed by atoms with van der Waals surface area (Å²) >= 11 is 0. The van der Waals surface area contributed by atoms with Crippen LogP contribution in [0.25, 0.3) is 22.5 Å². The van der Waals surface area contributed by atoms with Crippen LogP contribution in [0.3, 0.4) is 0 Å². The molecule has 0 unspecified atom stereocenters. The minimum Gasteiger partial charge on any atom is -0.340 e. The van der Waals surface area contributed by atoms with E-state index in [1.165, 1.54) is 18.2 Å². The van der Waals surface area contributed by atoms with Gasteiger partial charge in [0.1, 0.15) is 11.6 Å². The highest BCUT2D eigenvalue weighted by Crippen LogP contribution is 2.36. The number of hydrogen-bond acceptors (Lipinski definition) is 4. The molecule has 8 heteroatoms. The molecule has 3 heterocycles. The van der Waals surface area contributed by atoms with Crippen molar-refractivity contribution in [3.05, 3.63) is 84.6 Å². The number of nitrogens with zero attached hydrogens (tertiary/aromatic N) is 3. The van der Waals surface area contributed by atoms with Gasteiger partial charge >= 0.3 is 0 Å². The standard InChI is InChI=1S/C25H22F3N5/c26-18-3-1-16(2-4-18)24-25(33(15-31-24)20-8-10-29-11-9-20)17-7-12-30-23(13-17)32-19-5-6-21(27)22(28)14-19/h1-7,12-15,20,29H,8-11H2,(H,30,32). The van der Waals surface area contributed by atoms with Crippen molar-refractivity contribution in [2.75, 3.05) is 18.4 Å². The van der Waals surface area contributed by atoms with E-state index in [-0.39, 0.29) is 11.9 Å². The van der Waals surface area contributed by atoms with Crippen LogP contribution >= 0.6 is 0 Å². The summed E-state index contributed by atoms with van der Waals surface area (Å²) in [6, 6.07) is 13.9. The third kappa shape index (κ3) is 4.47. The fraction of sp³-hybridized carbons (Fsp3) is 0.200. The molecule has 0 bridgehead atoms. The molecule has 33 heavy (non-hydrogen) atoms. The summed E-state index contributed by atoms with van der Waals surface area (Å²) in [4.78, 5) is 9.03. The van der Waals surface area contributed by atoms with Crippen molar-refractivity contribution >= 4 is 11.5 Å². The first-order valence-electron chi connectivity index (χ1n) is 10.8. The van der Waals surface area contributed by atoms with Gasteiger partial charge in [0.05, 0.1) is 17.7 Å². The molecule has 5 nitrogen and oxygen atoms in total. The molecular formula is C25H22F3N5. The van der Waals surface area contributed by atoms with Crippen molar-refractivity contribution in [3.63, 3.8) is 0 Å². The van der Waals surface area contributed by atoms with Gasteiger partial charge in [-0.1, -0.05) is 0 Å². The number of anilines is 2. The maximum absolute atomic E-state index is 13.6. The molecule has 1 aliphatic heterocycles.